The van der Waals surface area contributed by atoms with Gasteiger partial charge in [0.25, 0.3) is 0 Å². The van der Waals surface area contributed by atoms with Crippen LogP contribution in [0.1, 0.15) is 37.5 Å². The van der Waals surface area contributed by atoms with Crippen LogP contribution in [-0.2, 0) is 29.0 Å². The van der Waals surface area contributed by atoms with Gasteiger partial charge in [-0.3, -0.25) is 9.59 Å². The van der Waals surface area contributed by atoms with Crippen molar-refractivity contribution in [2.75, 3.05) is 0 Å². The van der Waals surface area contributed by atoms with E-state index in [0.717, 1.165) is 11.1 Å². The molecule has 0 fully saturated rings. The van der Waals surface area contributed by atoms with Gasteiger partial charge in [0.15, 0.2) is 0 Å². The minimum absolute atomic E-state index is 0.0446. The van der Waals surface area contributed by atoms with Crippen molar-refractivity contribution in [3.8, 4) is 0 Å². The van der Waals surface area contributed by atoms with Crippen molar-refractivity contribution in [1.82, 2.24) is 10.2 Å². The van der Waals surface area contributed by atoms with Crippen LogP contribution in [0.5, 0.6) is 0 Å². The van der Waals surface area contributed by atoms with E-state index < -0.39 is 11.6 Å². The average Bonchev–Trinajstić information content (AvgIpc) is 2.79. The number of benzene rings is 3. The van der Waals surface area contributed by atoms with Gasteiger partial charge in [0.2, 0.25) is 11.8 Å². The van der Waals surface area contributed by atoms with E-state index in [9.17, 15) is 9.59 Å². The minimum Gasteiger partial charge on any atom is -0.350 e. The van der Waals surface area contributed by atoms with Gasteiger partial charge in [0, 0.05) is 33.6 Å². The maximum Gasteiger partial charge on any atom is 0.243 e. The normalized spacial score (nSPS) is 12.2. The van der Waals surface area contributed by atoms with Gasteiger partial charge in [0.05, 0.1) is 6.42 Å². The molecule has 1 atom stereocenters. The number of nitrogens with zero attached hydrogens (tertiary/aromatic N) is 1. The first kappa shape index (κ1) is 27.1. The van der Waals surface area contributed by atoms with Crippen LogP contribution < -0.4 is 5.32 Å². The molecule has 0 bridgehead atoms. The summed E-state index contributed by atoms with van der Waals surface area (Å²) in [6, 6.07) is 21.3. The minimum atomic E-state index is -0.776. The standard InChI is InChI=1S/C28H29Cl3N2O2/c1-28(2,3)32-27(35)25(16-19-10-5-4-6-11-19)33(18-20-12-7-8-13-22(20)29)26(34)17-21-23(30)14-9-15-24(21)31/h4-15,25H,16-18H2,1-3H3,(H,32,35)/t25-/m0/s1. The second-order valence-electron chi connectivity index (χ2n) is 9.43. The molecule has 0 aliphatic rings. The molecular formula is C28H29Cl3N2O2. The maximum atomic E-state index is 13.8. The SMILES string of the molecule is CC(C)(C)NC(=O)[C@H](Cc1ccccc1)N(Cc1ccccc1Cl)C(=O)Cc1c(Cl)cccc1Cl. The Labute approximate surface area is 222 Å². The van der Waals surface area contributed by atoms with Crippen molar-refractivity contribution in [2.24, 2.45) is 0 Å². The molecule has 3 rings (SSSR count). The third-order valence-corrected chi connectivity index (χ3v) is 6.53. The van der Waals surface area contributed by atoms with E-state index in [1.54, 1.807) is 29.2 Å². The quantitative estimate of drug-likeness (QED) is 0.350. The van der Waals surface area contributed by atoms with Crippen LogP contribution in [0.15, 0.2) is 72.8 Å². The first-order chi connectivity index (χ1) is 16.5. The van der Waals surface area contributed by atoms with Crippen LogP contribution in [0.4, 0.5) is 0 Å². The number of carbonyl (C=O) groups excluding carboxylic acids is 2. The lowest BCUT2D eigenvalue weighted by Crippen LogP contribution is -2.54. The topological polar surface area (TPSA) is 49.4 Å². The molecule has 0 radical (unpaired) electrons. The molecule has 2 amide bonds. The van der Waals surface area contributed by atoms with Crippen molar-refractivity contribution in [1.29, 1.82) is 0 Å². The Hall–Kier alpha value is -2.53. The lowest BCUT2D eigenvalue weighted by Gasteiger charge is -2.34. The molecule has 7 heteroatoms. The number of hydrogen-bond donors (Lipinski definition) is 1. The number of nitrogens with one attached hydrogen (secondary N) is 1. The van der Waals surface area contributed by atoms with E-state index in [0.29, 0.717) is 27.1 Å². The number of hydrogen-bond acceptors (Lipinski definition) is 2. The van der Waals surface area contributed by atoms with Gasteiger partial charge < -0.3 is 10.2 Å². The Bertz CT molecular complexity index is 1160. The zero-order chi connectivity index (χ0) is 25.6. The molecule has 1 N–H and O–H groups in total. The largest absolute Gasteiger partial charge is 0.350 e. The highest BCUT2D eigenvalue weighted by Crippen LogP contribution is 2.27. The first-order valence-corrected chi connectivity index (χ1v) is 12.5. The number of carbonyl (C=O) groups is 2. The van der Waals surface area contributed by atoms with E-state index in [-0.39, 0.29) is 24.8 Å². The monoisotopic (exact) mass is 530 g/mol. The summed E-state index contributed by atoms with van der Waals surface area (Å²) >= 11 is 19.2. The van der Waals surface area contributed by atoms with Gasteiger partial charge in [-0.2, -0.15) is 0 Å². The smallest absolute Gasteiger partial charge is 0.243 e. The molecule has 35 heavy (non-hydrogen) atoms. The van der Waals surface area contributed by atoms with Crippen molar-refractivity contribution >= 4 is 46.6 Å². The zero-order valence-electron chi connectivity index (χ0n) is 20.0. The zero-order valence-corrected chi connectivity index (χ0v) is 22.3. The summed E-state index contributed by atoms with van der Waals surface area (Å²) in [4.78, 5) is 29.0. The lowest BCUT2D eigenvalue weighted by atomic mass is 9.99. The number of amides is 2. The van der Waals surface area contributed by atoms with Crippen LogP contribution in [0.25, 0.3) is 0 Å². The van der Waals surface area contributed by atoms with E-state index in [4.69, 9.17) is 34.8 Å². The summed E-state index contributed by atoms with van der Waals surface area (Å²) in [6.07, 6.45) is 0.298. The molecular weight excluding hydrogens is 503 g/mol. The molecule has 0 saturated carbocycles. The van der Waals surface area contributed by atoms with Crippen LogP contribution in [-0.4, -0.2) is 28.3 Å². The van der Waals surface area contributed by atoms with Crippen molar-refractivity contribution < 1.29 is 9.59 Å². The van der Waals surface area contributed by atoms with Crippen molar-refractivity contribution in [3.63, 3.8) is 0 Å². The van der Waals surface area contributed by atoms with Crippen molar-refractivity contribution in [3.05, 3.63) is 105 Å². The highest BCUT2D eigenvalue weighted by molar-refractivity contribution is 6.36. The van der Waals surface area contributed by atoms with E-state index in [1.165, 1.54) is 0 Å². The van der Waals surface area contributed by atoms with Gasteiger partial charge >= 0.3 is 0 Å². The Morgan fingerprint density at radius 3 is 2.00 bits per heavy atom. The molecule has 0 saturated heterocycles. The molecule has 0 spiro atoms. The Balaban J connectivity index is 2.04. The second-order valence-corrected chi connectivity index (χ2v) is 10.7. The lowest BCUT2D eigenvalue weighted by molar-refractivity contribution is -0.141. The molecule has 0 aromatic heterocycles. The molecule has 0 unspecified atom stereocenters. The summed E-state index contributed by atoms with van der Waals surface area (Å²) in [5, 5.41) is 4.38. The van der Waals surface area contributed by atoms with E-state index >= 15 is 0 Å². The fraction of sp³-hybridized carbons (Fsp3) is 0.286. The molecule has 184 valence electrons. The molecule has 0 heterocycles. The van der Waals surface area contributed by atoms with Crippen LogP contribution in [0, 0.1) is 0 Å². The Morgan fingerprint density at radius 2 is 1.40 bits per heavy atom. The summed E-state index contributed by atoms with van der Waals surface area (Å²) in [7, 11) is 0. The van der Waals surface area contributed by atoms with Gasteiger partial charge in [-0.1, -0.05) is 89.4 Å². The van der Waals surface area contributed by atoms with Crippen molar-refractivity contribution in [2.45, 2.75) is 51.7 Å². The predicted molar refractivity (Wildman–Crippen MR) is 144 cm³/mol. The Morgan fingerprint density at radius 1 is 0.829 bits per heavy atom. The molecule has 0 aliphatic carbocycles. The number of halogens is 3. The summed E-state index contributed by atoms with van der Waals surface area (Å²) in [5.41, 5.74) is 1.74. The Kier molecular flexibility index (Phi) is 9.23. The molecule has 3 aromatic rings. The third kappa shape index (κ3) is 7.73. The first-order valence-electron chi connectivity index (χ1n) is 11.4. The fourth-order valence-corrected chi connectivity index (χ4v) is 4.50. The van der Waals surface area contributed by atoms with Gasteiger partial charge in [-0.25, -0.2) is 0 Å². The predicted octanol–water partition coefficient (Wildman–Crippen LogP) is 6.74. The molecule has 3 aromatic carbocycles. The maximum absolute atomic E-state index is 13.8. The molecule has 0 aliphatic heterocycles. The van der Waals surface area contributed by atoms with Crippen LogP contribution in [0.3, 0.4) is 0 Å². The van der Waals surface area contributed by atoms with E-state index in [2.05, 4.69) is 5.32 Å². The van der Waals surface area contributed by atoms with Gasteiger partial charge in [-0.15, -0.1) is 0 Å². The molecule has 4 nitrogen and oxygen atoms in total. The summed E-state index contributed by atoms with van der Waals surface area (Å²) in [5.74, 6) is -0.517. The average molecular weight is 532 g/mol. The fourth-order valence-electron chi connectivity index (χ4n) is 3.77. The highest BCUT2D eigenvalue weighted by atomic mass is 35.5. The summed E-state index contributed by atoms with van der Waals surface area (Å²) in [6.45, 7) is 5.90. The summed E-state index contributed by atoms with van der Waals surface area (Å²) < 4.78 is 0. The second kappa shape index (κ2) is 11.9. The number of rotatable bonds is 8. The van der Waals surface area contributed by atoms with Gasteiger partial charge in [-0.05, 0) is 55.7 Å². The van der Waals surface area contributed by atoms with Crippen LogP contribution >= 0.6 is 34.8 Å². The van der Waals surface area contributed by atoms with Gasteiger partial charge in [0.1, 0.15) is 6.04 Å². The van der Waals surface area contributed by atoms with Crippen LogP contribution in [0.2, 0.25) is 15.1 Å². The highest BCUT2D eigenvalue weighted by Gasteiger charge is 2.33. The third-order valence-electron chi connectivity index (χ3n) is 5.46. The van der Waals surface area contributed by atoms with E-state index in [1.807, 2.05) is 69.3 Å².